The molecule has 0 aromatic carbocycles. The fourth-order valence-corrected chi connectivity index (χ4v) is 3.17. The number of pyridine rings is 2. The summed E-state index contributed by atoms with van der Waals surface area (Å²) in [6.07, 6.45) is 4.27. The molecule has 0 unspecified atom stereocenters. The van der Waals surface area contributed by atoms with Gasteiger partial charge in [0.15, 0.2) is 0 Å². The summed E-state index contributed by atoms with van der Waals surface area (Å²) in [4.78, 5) is 21.6. The van der Waals surface area contributed by atoms with Gasteiger partial charge in [-0.2, -0.15) is 0 Å². The van der Waals surface area contributed by atoms with Gasteiger partial charge in [0.05, 0.1) is 10.7 Å². The molecule has 1 aliphatic heterocycles. The van der Waals surface area contributed by atoms with Crippen molar-refractivity contribution >= 4 is 29.6 Å². The lowest BCUT2D eigenvalue weighted by Gasteiger charge is -2.28. The number of aromatic nitrogens is 2. The number of nitrogens with zero attached hydrogens (tertiary/aromatic N) is 3. The highest BCUT2D eigenvalue weighted by atomic mass is 35.5. The predicted molar refractivity (Wildman–Crippen MR) is 99.0 cm³/mol. The number of nitrogens with one attached hydrogen (secondary N) is 1. The second-order valence-electron chi connectivity index (χ2n) is 6.13. The summed E-state index contributed by atoms with van der Waals surface area (Å²) < 4.78 is 5.42. The fourth-order valence-electron chi connectivity index (χ4n) is 2.97. The third-order valence-corrected chi connectivity index (χ3v) is 4.64. The van der Waals surface area contributed by atoms with E-state index in [4.69, 9.17) is 21.3 Å². The van der Waals surface area contributed by atoms with Crippen LogP contribution in [0.4, 0.5) is 11.6 Å². The molecule has 2 aromatic heterocycles. The zero-order chi connectivity index (χ0) is 17.6. The smallest absolute Gasteiger partial charge is 0.212 e. The van der Waals surface area contributed by atoms with E-state index >= 15 is 0 Å². The molecule has 0 spiro atoms. The van der Waals surface area contributed by atoms with Crippen LogP contribution in [0.2, 0.25) is 5.02 Å². The normalized spacial score (nSPS) is 15.0. The van der Waals surface area contributed by atoms with Crippen molar-refractivity contribution in [3.63, 3.8) is 0 Å². The highest BCUT2D eigenvalue weighted by molar-refractivity contribution is 6.33. The van der Waals surface area contributed by atoms with Gasteiger partial charge in [0, 0.05) is 38.6 Å². The van der Waals surface area contributed by atoms with Crippen molar-refractivity contribution in [1.29, 1.82) is 0 Å². The summed E-state index contributed by atoms with van der Waals surface area (Å²) in [6.45, 7) is 2.62. The van der Waals surface area contributed by atoms with Gasteiger partial charge < -0.3 is 15.0 Å². The summed E-state index contributed by atoms with van der Waals surface area (Å²) in [5.41, 5.74) is 1.49. The van der Waals surface area contributed by atoms with Crippen molar-refractivity contribution < 1.29 is 9.53 Å². The van der Waals surface area contributed by atoms with E-state index in [2.05, 4.69) is 22.2 Å². The summed E-state index contributed by atoms with van der Waals surface area (Å²) in [7, 11) is 2.05. The predicted octanol–water partition coefficient (Wildman–Crippen LogP) is 3.23. The number of hydrogen-bond donors (Lipinski definition) is 1. The number of hydrogen-bond acceptors (Lipinski definition) is 5. The van der Waals surface area contributed by atoms with Gasteiger partial charge in [0.25, 0.3) is 0 Å². The monoisotopic (exact) mass is 360 g/mol. The Hall–Kier alpha value is -2.18. The molecule has 3 rings (SSSR count). The molecule has 1 saturated heterocycles. The van der Waals surface area contributed by atoms with E-state index in [1.165, 1.54) is 6.20 Å². The third-order valence-electron chi connectivity index (χ3n) is 4.34. The van der Waals surface area contributed by atoms with Gasteiger partial charge in [-0.3, -0.25) is 4.79 Å². The maximum atomic E-state index is 10.6. The molecule has 1 N–H and O–H groups in total. The lowest BCUT2D eigenvalue weighted by Crippen LogP contribution is -2.30. The highest BCUT2D eigenvalue weighted by Crippen LogP contribution is 2.29. The molecular formula is C18H21ClN4O2. The summed E-state index contributed by atoms with van der Waals surface area (Å²) in [6, 6.07) is 7.57. The van der Waals surface area contributed by atoms with E-state index in [0.717, 1.165) is 49.7 Å². The molecule has 0 bridgehead atoms. The van der Waals surface area contributed by atoms with Gasteiger partial charge in [-0.1, -0.05) is 17.7 Å². The average Bonchev–Trinajstić information content (AvgIpc) is 2.64. The molecule has 1 aliphatic rings. The molecule has 7 heteroatoms. The minimum Gasteiger partial charge on any atom is -0.381 e. The number of carbonyl (C=O) groups excluding carboxylic acids is 1. The maximum absolute atomic E-state index is 10.6. The number of amides is 1. The molecule has 0 radical (unpaired) electrons. The van der Waals surface area contributed by atoms with Gasteiger partial charge in [0.2, 0.25) is 6.41 Å². The molecule has 0 aliphatic carbocycles. The van der Waals surface area contributed by atoms with Crippen molar-refractivity contribution in [3.05, 3.63) is 35.5 Å². The lowest BCUT2D eigenvalue weighted by molar-refractivity contribution is -0.105. The summed E-state index contributed by atoms with van der Waals surface area (Å²) in [5.74, 6) is 1.95. The Kier molecular flexibility index (Phi) is 5.83. The molecule has 25 heavy (non-hydrogen) atoms. The molecular weight excluding hydrogens is 340 g/mol. The average molecular weight is 361 g/mol. The molecule has 3 heterocycles. The van der Waals surface area contributed by atoms with Gasteiger partial charge in [-0.25, -0.2) is 9.97 Å². The van der Waals surface area contributed by atoms with E-state index in [-0.39, 0.29) is 0 Å². The molecule has 0 saturated carbocycles. The van der Waals surface area contributed by atoms with Crippen molar-refractivity contribution in [2.75, 3.05) is 37.0 Å². The van der Waals surface area contributed by atoms with Crippen molar-refractivity contribution in [3.8, 4) is 11.3 Å². The van der Waals surface area contributed by atoms with E-state index in [0.29, 0.717) is 23.2 Å². The lowest BCUT2D eigenvalue weighted by atomic mass is 10.00. The van der Waals surface area contributed by atoms with Crippen LogP contribution in [0.15, 0.2) is 30.5 Å². The SMILES string of the molecule is CN(CC1CCOCC1)c1cccc(-c2cc(NC=O)ncc2Cl)n1. The Labute approximate surface area is 152 Å². The molecule has 1 amide bonds. The van der Waals surface area contributed by atoms with Crippen LogP contribution in [-0.2, 0) is 9.53 Å². The molecule has 2 aromatic rings. The third kappa shape index (κ3) is 4.46. The molecule has 1 fully saturated rings. The van der Waals surface area contributed by atoms with Crippen LogP contribution >= 0.6 is 11.6 Å². The van der Waals surface area contributed by atoms with Gasteiger partial charge in [-0.05, 0) is 37.0 Å². The Balaban J connectivity index is 1.81. The molecule has 6 nitrogen and oxygen atoms in total. The second-order valence-corrected chi connectivity index (χ2v) is 6.54. The van der Waals surface area contributed by atoms with Crippen LogP contribution in [0, 0.1) is 5.92 Å². The first-order chi connectivity index (χ1) is 12.2. The first-order valence-corrected chi connectivity index (χ1v) is 8.67. The topological polar surface area (TPSA) is 67.3 Å². The van der Waals surface area contributed by atoms with Crippen LogP contribution in [0.1, 0.15) is 12.8 Å². The van der Waals surface area contributed by atoms with Crippen LogP contribution in [-0.4, -0.2) is 43.2 Å². The zero-order valence-corrected chi connectivity index (χ0v) is 14.9. The fraction of sp³-hybridized carbons (Fsp3) is 0.389. The van der Waals surface area contributed by atoms with Gasteiger partial charge >= 0.3 is 0 Å². The zero-order valence-electron chi connectivity index (χ0n) is 14.1. The summed E-state index contributed by atoms with van der Waals surface area (Å²) in [5, 5.41) is 3.03. The van der Waals surface area contributed by atoms with Crippen molar-refractivity contribution in [1.82, 2.24) is 9.97 Å². The Morgan fingerprint density at radius 1 is 1.40 bits per heavy atom. The number of ether oxygens (including phenoxy) is 1. The van der Waals surface area contributed by atoms with Gasteiger partial charge in [0.1, 0.15) is 11.6 Å². The van der Waals surface area contributed by atoms with Crippen molar-refractivity contribution in [2.45, 2.75) is 12.8 Å². The number of anilines is 2. The molecule has 132 valence electrons. The van der Waals surface area contributed by atoms with Gasteiger partial charge in [-0.15, -0.1) is 0 Å². The van der Waals surface area contributed by atoms with E-state index in [1.54, 1.807) is 6.07 Å². The maximum Gasteiger partial charge on any atom is 0.212 e. The first kappa shape index (κ1) is 17.6. The molecule has 0 atom stereocenters. The van der Waals surface area contributed by atoms with Crippen molar-refractivity contribution in [2.24, 2.45) is 5.92 Å². The van der Waals surface area contributed by atoms with E-state index in [1.807, 2.05) is 18.2 Å². The van der Waals surface area contributed by atoms with E-state index < -0.39 is 0 Å². The van der Waals surface area contributed by atoms with Crippen LogP contribution in [0.25, 0.3) is 11.3 Å². The number of rotatable bonds is 6. The second kappa shape index (κ2) is 8.27. The standard InChI is InChI=1S/C18H21ClN4O2/c1-23(11-13-5-7-25-8-6-13)18-4-2-3-16(22-18)14-9-17(21-12-24)20-10-15(14)19/h2-4,9-10,12-13H,5-8,11H2,1H3,(H,20,21,24). The minimum absolute atomic E-state index is 0.442. The Bertz CT molecular complexity index is 735. The number of carbonyl (C=O) groups is 1. The van der Waals surface area contributed by atoms with Crippen LogP contribution < -0.4 is 10.2 Å². The number of halogens is 1. The van der Waals surface area contributed by atoms with Crippen LogP contribution in [0.5, 0.6) is 0 Å². The Morgan fingerprint density at radius 2 is 2.20 bits per heavy atom. The first-order valence-electron chi connectivity index (χ1n) is 8.29. The van der Waals surface area contributed by atoms with Crippen LogP contribution in [0.3, 0.4) is 0 Å². The minimum atomic E-state index is 0.442. The quantitative estimate of drug-likeness (QED) is 0.801. The largest absolute Gasteiger partial charge is 0.381 e. The van der Waals surface area contributed by atoms with E-state index in [9.17, 15) is 4.79 Å². The highest BCUT2D eigenvalue weighted by Gasteiger charge is 2.17. The summed E-state index contributed by atoms with van der Waals surface area (Å²) >= 11 is 6.27. The Morgan fingerprint density at radius 3 is 2.96 bits per heavy atom.